The van der Waals surface area contributed by atoms with Crippen molar-refractivity contribution in [3.63, 3.8) is 0 Å². The van der Waals surface area contributed by atoms with E-state index in [1.807, 2.05) is 6.07 Å². The summed E-state index contributed by atoms with van der Waals surface area (Å²) in [5.41, 5.74) is 0. The lowest BCUT2D eigenvalue weighted by Crippen LogP contribution is -2.05. The molecule has 0 aliphatic heterocycles. The number of hydrogen-bond acceptors (Lipinski definition) is 6. The molecule has 0 atom stereocenters. The number of aromatic nitrogens is 4. The van der Waals surface area contributed by atoms with Crippen LogP contribution in [0.3, 0.4) is 0 Å². The Hall–Kier alpha value is -1.89. The highest BCUT2D eigenvalue weighted by atomic mass is 32.2. The minimum atomic E-state index is -0.303. The van der Waals surface area contributed by atoms with Gasteiger partial charge in [-0.05, 0) is 6.07 Å². The third-order valence-corrected chi connectivity index (χ3v) is 2.74. The normalized spacial score (nSPS) is 10.2. The largest absolute Gasteiger partial charge is 0.468 e. The Morgan fingerprint density at radius 3 is 3.12 bits per heavy atom. The van der Waals surface area contributed by atoms with Gasteiger partial charge in [0.1, 0.15) is 0 Å². The molecule has 0 fully saturated rings. The molecular weight excluding hydrogens is 240 g/mol. The van der Waals surface area contributed by atoms with Crippen molar-refractivity contribution in [1.82, 2.24) is 19.7 Å². The first-order valence-corrected chi connectivity index (χ1v) is 5.81. The SMILES string of the molecule is COC(=O)CSc1nccc(-n2cccn2)n1. The van der Waals surface area contributed by atoms with Crippen molar-refractivity contribution in [2.45, 2.75) is 5.16 Å². The van der Waals surface area contributed by atoms with E-state index in [0.29, 0.717) is 11.0 Å². The maximum Gasteiger partial charge on any atom is 0.316 e. The van der Waals surface area contributed by atoms with Gasteiger partial charge in [0, 0.05) is 24.7 Å². The van der Waals surface area contributed by atoms with E-state index >= 15 is 0 Å². The molecule has 0 saturated carbocycles. The van der Waals surface area contributed by atoms with Crippen molar-refractivity contribution < 1.29 is 9.53 Å². The summed E-state index contributed by atoms with van der Waals surface area (Å²) in [6.07, 6.45) is 5.09. The molecule has 0 bridgehead atoms. The summed E-state index contributed by atoms with van der Waals surface area (Å²) in [6.45, 7) is 0. The van der Waals surface area contributed by atoms with E-state index in [4.69, 9.17) is 0 Å². The second kappa shape index (κ2) is 5.44. The van der Waals surface area contributed by atoms with Crippen molar-refractivity contribution in [2.24, 2.45) is 0 Å². The minimum absolute atomic E-state index is 0.194. The Kier molecular flexibility index (Phi) is 3.71. The fourth-order valence-corrected chi connectivity index (χ4v) is 1.77. The lowest BCUT2D eigenvalue weighted by Gasteiger charge is -2.02. The lowest BCUT2D eigenvalue weighted by molar-refractivity contribution is -0.137. The summed E-state index contributed by atoms with van der Waals surface area (Å²) in [7, 11) is 1.35. The molecule has 2 rings (SSSR count). The van der Waals surface area contributed by atoms with E-state index < -0.39 is 0 Å². The van der Waals surface area contributed by atoms with Gasteiger partial charge in [0.2, 0.25) is 0 Å². The quantitative estimate of drug-likeness (QED) is 0.456. The molecule has 88 valence electrons. The Balaban J connectivity index is 2.09. The Morgan fingerprint density at radius 2 is 2.41 bits per heavy atom. The summed E-state index contributed by atoms with van der Waals surface area (Å²) in [5, 5.41) is 4.58. The summed E-state index contributed by atoms with van der Waals surface area (Å²) in [5.74, 6) is 0.555. The summed E-state index contributed by atoms with van der Waals surface area (Å²) in [6, 6.07) is 3.55. The predicted molar refractivity (Wildman–Crippen MR) is 61.9 cm³/mol. The zero-order valence-corrected chi connectivity index (χ0v) is 9.92. The van der Waals surface area contributed by atoms with Crippen molar-refractivity contribution in [3.05, 3.63) is 30.7 Å². The maximum atomic E-state index is 11.0. The Bertz CT molecular complexity index is 501. The van der Waals surface area contributed by atoms with E-state index in [-0.39, 0.29) is 11.7 Å². The van der Waals surface area contributed by atoms with Gasteiger partial charge in [-0.15, -0.1) is 0 Å². The molecule has 0 amide bonds. The molecule has 0 spiro atoms. The van der Waals surface area contributed by atoms with Gasteiger partial charge in [0.15, 0.2) is 11.0 Å². The van der Waals surface area contributed by atoms with Gasteiger partial charge in [-0.2, -0.15) is 5.10 Å². The fraction of sp³-hybridized carbons (Fsp3) is 0.200. The van der Waals surface area contributed by atoms with Gasteiger partial charge < -0.3 is 4.74 Å². The van der Waals surface area contributed by atoms with E-state index in [0.717, 1.165) is 0 Å². The number of carbonyl (C=O) groups excluding carboxylic acids is 1. The number of nitrogens with zero attached hydrogens (tertiary/aromatic N) is 4. The molecule has 2 aromatic rings. The molecular formula is C10H10N4O2S. The highest BCUT2D eigenvalue weighted by molar-refractivity contribution is 7.99. The molecule has 2 aromatic heterocycles. The van der Waals surface area contributed by atoms with Crippen LogP contribution in [0.2, 0.25) is 0 Å². The van der Waals surface area contributed by atoms with E-state index in [2.05, 4.69) is 19.8 Å². The van der Waals surface area contributed by atoms with Crippen LogP contribution in [-0.4, -0.2) is 38.6 Å². The van der Waals surface area contributed by atoms with Crippen LogP contribution in [0.4, 0.5) is 0 Å². The van der Waals surface area contributed by atoms with Gasteiger partial charge in [-0.3, -0.25) is 4.79 Å². The highest BCUT2D eigenvalue weighted by Crippen LogP contribution is 2.13. The maximum absolute atomic E-state index is 11.0. The molecule has 6 nitrogen and oxygen atoms in total. The Labute approximate surface area is 102 Å². The molecule has 2 heterocycles. The number of methoxy groups -OCH3 is 1. The highest BCUT2D eigenvalue weighted by Gasteiger charge is 2.06. The smallest absolute Gasteiger partial charge is 0.316 e. The fourth-order valence-electron chi connectivity index (χ4n) is 1.12. The lowest BCUT2D eigenvalue weighted by atomic mass is 10.6. The van der Waals surface area contributed by atoms with Gasteiger partial charge in [-0.1, -0.05) is 11.8 Å². The third kappa shape index (κ3) is 3.04. The van der Waals surface area contributed by atoms with Gasteiger partial charge in [0.05, 0.1) is 12.9 Å². The van der Waals surface area contributed by atoms with Crippen LogP contribution in [-0.2, 0) is 9.53 Å². The molecule has 0 aliphatic rings. The number of thioether (sulfide) groups is 1. The average Bonchev–Trinajstić information content (AvgIpc) is 2.90. The standard InChI is InChI=1S/C10H10N4O2S/c1-16-9(15)7-17-10-11-5-3-8(13-10)14-6-2-4-12-14/h2-6H,7H2,1H3. The summed E-state index contributed by atoms with van der Waals surface area (Å²) in [4.78, 5) is 19.3. The van der Waals surface area contributed by atoms with E-state index in [9.17, 15) is 4.79 Å². The molecule has 0 aromatic carbocycles. The van der Waals surface area contributed by atoms with Crippen molar-refractivity contribution >= 4 is 17.7 Å². The first kappa shape index (κ1) is 11.6. The molecule has 7 heteroatoms. The number of esters is 1. The second-order valence-corrected chi connectivity index (χ2v) is 3.96. The van der Waals surface area contributed by atoms with E-state index in [1.165, 1.54) is 18.9 Å². The number of rotatable bonds is 4. The van der Waals surface area contributed by atoms with Crippen molar-refractivity contribution in [3.8, 4) is 5.82 Å². The average molecular weight is 250 g/mol. The third-order valence-electron chi connectivity index (χ3n) is 1.90. The molecule has 0 N–H and O–H groups in total. The first-order valence-electron chi connectivity index (χ1n) is 4.82. The number of carbonyl (C=O) groups is 1. The van der Waals surface area contributed by atoms with Crippen LogP contribution < -0.4 is 0 Å². The minimum Gasteiger partial charge on any atom is -0.468 e. The number of ether oxygens (including phenoxy) is 1. The van der Waals surface area contributed by atoms with Crippen molar-refractivity contribution in [2.75, 3.05) is 12.9 Å². The Morgan fingerprint density at radius 1 is 1.53 bits per heavy atom. The summed E-state index contributed by atoms with van der Waals surface area (Å²) >= 11 is 1.23. The molecule has 0 aliphatic carbocycles. The van der Waals surface area contributed by atoms with Crippen LogP contribution >= 0.6 is 11.8 Å². The van der Waals surface area contributed by atoms with Crippen LogP contribution in [0.5, 0.6) is 0 Å². The van der Waals surface area contributed by atoms with Crippen LogP contribution in [0.25, 0.3) is 5.82 Å². The van der Waals surface area contributed by atoms with Gasteiger partial charge >= 0.3 is 5.97 Å². The van der Waals surface area contributed by atoms with E-state index in [1.54, 1.807) is 29.3 Å². The molecule has 17 heavy (non-hydrogen) atoms. The topological polar surface area (TPSA) is 69.9 Å². The first-order chi connectivity index (χ1) is 8.29. The zero-order valence-electron chi connectivity index (χ0n) is 9.11. The van der Waals surface area contributed by atoms with Gasteiger partial charge in [0.25, 0.3) is 0 Å². The van der Waals surface area contributed by atoms with Crippen LogP contribution in [0, 0.1) is 0 Å². The van der Waals surface area contributed by atoms with Crippen LogP contribution in [0.1, 0.15) is 0 Å². The molecule has 0 unspecified atom stereocenters. The monoisotopic (exact) mass is 250 g/mol. The predicted octanol–water partition coefficient (Wildman–Crippen LogP) is 0.927. The van der Waals surface area contributed by atoms with Crippen LogP contribution in [0.15, 0.2) is 35.9 Å². The molecule has 0 radical (unpaired) electrons. The summed E-state index contributed by atoms with van der Waals surface area (Å²) < 4.78 is 6.17. The number of hydrogen-bond donors (Lipinski definition) is 0. The van der Waals surface area contributed by atoms with Gasteiger partial charge in [-0.25, -0.2) is 14.6 Å². The second-order valence-electron chi connectivity index (χ2n) is 3.01. The van der Waals surface area contributed by atoms with Crippen molar-refractivity contribution in [1.29, 1.82) is 0 Å². The zero-order chi connectivity index (χ0) is 12.1. The molecule has 0 saturated heterocycles.